The number of ether oxygens (including phenoxy) is 1. The molecule has 88 valence electrons. The number of aryl methyl sites for hydroxylation is 1. The van der Waals surface area contributed by atoms with Crippen LogP contribution in [0, 0.1) is 13.8 Å². The Morgan fingerprint density at radius 2 is 2.06 bits per heavy atom. The van der Waals surface area contributed by atoms with Crippen LogP contribution in [0.25, 0.3) is 0 Å². The van der Waals surface area contributed by atoms with Gasteiger partial charge in [0.15, 0.2) is 0 Å². The number of carbonyl (C=O) groups is 1. The van der Waals surface area contributed by atoms with Crippen LogP contribution in [-0.2, 0) is 4.79 Å². The number of hydrogen-bond donors (Lipinski definition) is 1. The zero-order chi connectivity index (χ0) is 12.3. The van der Waals surface area contributed by atoms with Crippen molar-refractivity contribution in [3.63, 3.8) is 0 Å². The van der Waals surface area contributed by atoms with Crippen LogP contribution in [0.2, 0.25) is 0 Å². The molecule has 0 unspecified atom stereocenters. The third-order valence-electron chi connectivity index (χ3n) is 2.97. The zero-order valence-corrected chi connectivity index (χ0v) is 10.2. The van der Waals surface area contributed by atoms with Crippen LogP contribution >= 0.6 is 0 Å². The molecule has 0 saturated heterocycles. The fraction of sp³-hybridized carbons (Fsp3) is 0.462. The van der Waals surface area contributed by atoms with E-state index in [9.17, 15) is 4.79 Å². The molecule has 1 rings (SSSR count). The van der Waals surface area contributed by atoms with Crippen LogP contribution in [0.15, 0.2) is 12.1 Å². The summed E-state index contributed by atoms with van der Waals surface area (Å²) in [6.07, 6.45) is 0.584. The van der Waals surface area contributed by atoms with Crippen LogP contribution in [0.5, 0.6) is 5.75 Å². The van der Waals surface area contributed by atoms with E-state index in [2.05, 4.69) is 0 Å². The second kappa shape index (κ2) is 5.01. The minimum absolute atomic E-state index is 0.451. The van der Waals surface area contributed by atoms with Crippen LogP contribution in [0.3, 0.4) is 0 Å². The van der Waals surface area contributed by atoms with Gasteiger partial charge < -0.3 is 9.84 Å². The second-order valence-corrected chi connectivity index (χ2v) is 3.96. The summed E-state index contributed by atoms with van der Waals surface area (Å²) in [5.41, 5.74) is 2.94. The van der Waals surface area contributed by atoms with Crippen molar-refractivity contribution < 1.29 is 14.6 Å². The molecule has 0 aliphatic heterocycles. The molecule has 0 aliphatic rings. The molecule has 16 heavy (non-hydrogen) atoms. The van der Waals surface area contributed by atoms with Crippen molar-refractivity contribution >= 4 is 5.97 Å². The fourth-order valence-corrected chi connectivity index (χ4v) is 1.82. The average molecular weight is 222 g/mol. The average Bonchev–Trinajstić information content (AvgIpc) is 2.23. The lowest BCUT2D eigenvalue weighted by molar-refractivity contribution is -0.138. The Morgan fingerprint density at radius 3 is 2.50 bits per heavy atom. The number of benzene rings is 1. The summed E-state index contributed by atoms with van der Waals surface area (Å²) in [6, 6.07) is 3.75. The van der Waals surface area contributed by atoms with E-state index >= 15 is 0 Å². The Bertz CT molecular complexity index is 396. The third kappa shape index (κ3) is 2.35. The molecule has 3 nitrogen and oxygen atoms in total. The minimum atomic E-state index is -0.784. The third-order valence-corrected chi connectivity index (χ3v) is 2.97. The van der Waals surface area contributed by atoms with Crippen LogP contribution in [0.4, 0.5) is 0 Å². The van der Waals surface area contributed by atoms with Crippen LogP contribution in [-0.4, -0.2) is 18.2 Å². The minimum Gasteiger partial charge on any atom is -0.496 e. The van der Waals surface area contributed by atoms with Crippen molar-refractivity contribution in [2.24, 2.45) is 0 Å². The molecule has 1 aromatic carbocycles. The Balaban J connectivity index is 3.24. The SMILES string of the molecule is CC[C@H](C(=O)O)c1cc(C)c(C)c(OC)c1. The van der Waals surface area contributed by atoms with E-state index in [1.165, 1.54) is 0 Å². The molecule has 1 N–H and O–H groups in total. The summed E-state index contributed by atoms with van der Waals surface area (Å²) in [7, 11) is 1.60. The Kier molecular flexibility index (Phi) is 3.93. The summed E-state index contributed by atoms with van der Waals surface area (Å²) in [6.45, 7) is 5.82. The summed E-state index contributed by atoms with van der Waals surface area (Å²) in [5, 5.41) is 9.11. The van der Waals surface area contributed by atoms with Gasteiger partial charge >= 0.3 is 5.97 Å². The Labute approximate surface area is 96.1 Å². The van der Waals surface area contributed by atoms with Crippen molar-refractivity contribution in [3.05, 3.63) is 28.8 Å². The van der Waals surface area contributed by atoms with Gasteiger partial charge in [0.1, 0.15) is 5.75 Å². The molecule has 0 fully saturated rings. The molecule has 0 radical (unpaired) electrons. The van der Waals surface area contributed by atoms with E-state index in [0.29, 0.717) is 6.42 Å². The van der Waals surface area contributed by atoms with Gasteiger partial charge in [-0.05, 0) is 43.0 Å². The van der Waals surface area contributed by atoms with Gasteiger partial charge in [-0.3, -0.25) is 4.79 Å². The summed E-state index contributed by atoms with van der Waals surface area (Å²) < 4.78 is 5.25. The topological polar surface area (TPSA) is 46.5 Å². The molecule has 1 aromatic rings. The van der Waals surface area contributed by atoms with Gasteiger partial charge in [0, 0.05) is 0 Å². The van der Waals surface area contributed by atoms with E-state index in [-0.39, 0.29) is 0 Å². The van der Waals surface area contributed by atoms with Gasteiger partial charge in [0.05, 0.1) is 13.0 Å². The lowest BCUT2D eigenvalue weighted by atomic mass is 9.93. The van der Waals surface area contributed by atoms with E-state index < -0.39 is 11.9 Å². The van der Waals surface area contributed by atoms with E-state index in [4.69, 9.17) is 9.84 Å². The van der Waals surface area contributed by atoms with Crippen LogP contribution < -0.4 is 4.74 Å². The maximum atomic E-state index is 11.1. The number of aliphatic carboxylic acids is 1. The molecule has 0 saturated carbocycles. The number of carboxylic acid groups (broad SMARTS) is 1. The van der Waals surface area contributed by atoms with E-state index in [1.807, 2.05) is 32.9 Å². The smallest absolute Gasteiger partial charge is 0.310 e. The molecule has 0 heterocycles. The summed E-state index contributed by atoms with van der Waals surface area (Å²) in [4.78, 5) is 11.1. The predicted octanol–water partition coefficient (Wildman–Crippen LogP) is 2.89. The molecule has 0 aliphatic carbocycles. The highest BCUT2D eigenvalue weighted by molar-refractivity contribution is 5.76. The highest BCUT2D eigenvalue weighted by Crippen LogP contribution is 2.29. The highest BCUT2D eigenvalue weighted by Gasteiger charge is 2.19. The lowest BCUT2D eigenvalue weighted by Gasteiger charge is -2.15. The van der Waals surface area contributed by atoms with Gasteiger partial charge in [0.25, 0.3) is 0 Å². The number of rotatable bonds is 4. The van der Waals surface area contributed by atoms with Gasteiger partial charge in [-0.2, -0.15) is 0 Å². The molecule has 0 spiro atoms. The van der Waals surface area contributed by atoms with Gasteiger partial charge in [-0.15, -0.1) is 0 Å². The quantitative estimate of drug-likeness (QED) is 0.852. The van der Waals surface area contributed by atoms with Gasteiger partial charge in [-0.25, -0.2) is 0 Å². The van der Waals surface area contributed by atoms with Gasteiger partial charge in [0.2, 0.25) is 0 Å². The van der Waals surface area contributed by atoms with Gasteiger partial charge in [-0.1, -0.05) is 13.0 Å². The standard InChI is InChI=1S/C13H18O3/c1-5-11(13(14)15)10-6-8(2)9(3)12(7-10)16-4/h6-7,11H,5H2,1-4H3,(H,14,15)/t11-/m0/s1. The molecule has 0 amide bonds. The normalized spacial score (nSPS) is 12.2. The first-order valence-electron chi connectivity index (χ1n) is 5.39. The predicted molar refractivity (Wildman–Crippen MR) is 63.1 cm³/mol. The maximum Gasteiger partial charge on any atom is 0.310 e. The molecular weight excluding hydrogens is 204 g/mol. The van der Waals surface area contributed by atoms with Crippen molar-refractivity contribution in [1.82, 2.24) is 0 Å². The first-order chi connectivity index (χ1) is 7.51. The second-order valence-electron chi connectivity index (χ2n) is 3.96. The first-order valence-corrected chi connectivity index (χ1v) is 5.39. The Morgan fingerprint density at radius 1 is 1.44 bits per heavy atom. The lowest BCUT2D eigenvalue weighted by Crippen LogP contribution is -2.11. The fourth-order valence-electron chi connectivity index (χ4n) is 1.82. The van der Waals surface area contributed by atoms with Crippen molar-refractivity contribution in [2.75, 3.05) is 7.11 Å². The van der Waals surface area contributed by atoms with E-state index in [1.54, 1.807) is 7.11 Å². The van der Waals surface area contributed by atoms with Crippen molar-refractivity contribution in [1.29, 1.82) is 0 Å². The number of carboxylic acids is 1. The van der Waals surface area contributed by atoms with Crippen molar-refractivity contribution in [2.45, 2.75) is 33.1 Å². The van der Waals surface area contributed by atoms with E-state index in [0.717, 1.165) is 22.4 Å². The molecule has 0 bridgehead atoms. The summed E-state index contributed by atoms with van der Waals surface area (Å²) in [5.74, 6) is -0.476. The van der Waals surface area contributed by atoms with Crippen LogP contribution in [0.1, 0.15) is 36.0 Å². The first kappa shape index (κ1) is 12.6. The number of methoxy groups -OCH3 is 1. The highest BCUT2D eigenvalue weighted by atomic mass is 16.5. The van der Waals surface area contributed by atoms with Crippen molar-refractivity contribution in [3.8, 4) is 5.75 Å². The zero-order valence-electron chi connectivity index (χ0n) is 10.2. The summed E-state index contributed by atoms with van der Waals surface area (Å²) >= 11 is 0. The molecular formula is C13H18O3. The number of hydrogen-bond acceptors (Lipinski definition) is 2. The monoisotopic (exact) mass is 222 g/mol. The molecule has 0 aromatic heterocycles. The molecule has 3 heteroatoms. The largest absolute Gasteiger partial charge is 0.496 e. The maximum absolute atomic E-state index is 11.1. The molecule has 1 atom stereocenters. The Hall–Kier alpha value is -1.51.